The molecule has 0 amide bonds. The van der Waals surface area contributed by atoms with E-state index >= 15 is 0 Å². The molecule has 0 aromatic heterocycles. The van der Waals surface area contributed by atoms with Crippen LogP contribution >= 0.6 is 0 Å². The van der Waals surface area contributed by atoms with Crippen LogP contribution in [-0.2, 0) is 0 Å². The van der Waals surface area contributed by atoms with Crippen LogP contribution in [0.4, 0.5) is 10.1 Å². The van der Waals surface area contributed by atoms with Gasteiger partial charge < -0.3 is 10.0 Å². The second kappa shape index (κ2) is 5.53. The number of anilines is 1. The van der Waals surface area contributed by atoms with Crippen LogP contribution in [0.2, 0.25) is 0 Å². The van der Waals surface area contributed by atoms with E-state index in [1.54, 1.807) is 24.0 Å². The quantitative estimate of drug-likeness (QED) is 0.789. The van der Waals surface area contributed by atoms with E-state index < -0.39 is 6.10 Å². The van der Waals surface area contributed by atoms with E-state index in [1.807, 2.05) is 6.92 Å². The number of para-hydroxylation sites is 1. The maximum atomic E-state index is 13.7. The monoisotopic (exact) mass is 221 g/mol. The van der Waals surface area contributed by atoms with Gasteiger partial charge in [-0.05, 0) is 19.9 Å². The van der Waals surface area contributed by atoms with Crippen molar-refractivity contribution in [2.24, 2.45) is 0 Å². The van der Waals surface area contributed by atoms with E-state index in [0.717, 1.165) is 0 Å². The summed E-state index contributed by atoms with van der Waals surface area (Å²) < 4.78 is 13.7. The fourth-order valence-corrected chi connectivity index (χ4v) is 1.66. The molecular formula is C13H16FNO. The Kier molecular flexibility index (Phi) is 4.33. The topological polar surface area (TPSA) is 23.5 Å². The van der Waals surface area contributed by atoms with Gasteiger partial charge in [-0.1, -0.05) is 18.1 Å². The minimum absolute atomic E-state index is 0.331. The lowest BCUT2D eigenvalue weighted by atomic mass is 10.1. The van der Waals surface area contributed by atoms with Crippen molar-refractivity contribution in [3.63, 3.8) is 0 Å². The molecule has 1 aromatic rings. The van der Waals surface area contributed by atoms with Gasteiger partial charge in [0.2, 0.25) is 0 Å². The number of benzene rings is 1. The molecule has 2 nitrogen and oxygen atoms in total. The Hall–Kier alpha value is -1.53. The van der Waals surface area contributed by atoms with E-state index in [0.29, 0.717) is 24.3 Å². The van der Waals surface area contributed by atoms with E-state index in [4.69, 9.17) is 6.42 Å². The maximum Gasteiger partial charge on any atom is 0.146 e. The first-order valence-electron chi connectivity index (χ1n) is 5.26. The zero-order valence-electron chi connectivity index (χ0n) is 9.57. The molecule has 1 atom stereocenters. The molecule has 0 aliphatic carbocycles. The number of nitrogens with zero attached hydrogens (tertiary/aromatic N) is 1. The van der Waals surface area contributed by atoms with Crippen LogP contribution in [0.25, 0.3) is 0 Å². The van der Waals surface area contributed by atoms with Crippen LogP contribution in [0.15, 0.2) is 18.2 Å². The average Bonchev–Trinajstić information content (AvgIpc) is 2.26. The van der Waals surface area contributed by atoms with Crippen molar-refractivity contribution < 1.29 is 9.50 Å². The van der Waals surface area contributed by atoms with Gasteiger partial charge in [0.1, 0.15) is 5.82 Å². The largest absolute Gasteiger partial charge is 0.389 e. The molecule has 0 heterocycles. The Balaban J connectivity index is 3.23. The number of aliphatic hydroxyl groups is 1. The molecule has 1 rings (SSSR count). The zero-order valence-corrected chi connectivity index (χ0v) is 9.57. The zero-order chi connectivity index (χ0) is 12.1. The van der Waals surface area contributed by atoms with Gasteiger partial charge in [0.05, 0.1) is 18.3 Å². The Morgan fingerprint density at radius 1 is 1.56 bits per heavy atom. The molecule has 0 aliphatic heterocycles. The third kappa shape index (κ3) is 2.53. The normalized spacial score (nSPS) is 11.9. The van der Waals surface area contributed by atoms with Gasteiger partial charge in [0.25, 0.3) is 0 Å². The van der Waals surface area contributed by atoms with Gasteiger partial charge in [-0.3, -0.25) is 0 Å². The van der Waals surface area contributed by atoms with Crippen LogP contribution in [0.5, 0.6) is 0 Å². The van der Waals surface area contributed by atoms with Crippen LogP contribution in [0, 0.1) is 18.2 Å². The Morgan fingerprint density at radius 2 is 2.25 bits per heavy atom. The summed E-state index contributed by atoms with van der Waals surface area (Å²) in [7, 11) is 0. The van der Waals surface area contributed by atoms with Crippen molar-refractivity contribution in [2.45, 2.75) is 20.0 Å². The van der Waals surface area contributed by atoms with Crippen molar-refractivity contribution in [3.8, 4) is 12.3 Å². The van der Waals surface area contributed by atoms with Crippen LogP contribution in [-0.4, -0.2) is 18.2 Å². The van der Waals surface area contributed by atoms with Crippen molar-refractivity contribution in [1.82, 2.24) is 0 Å². The molecule has 0 spiro atoms. The molecule has 86 valence electrons. The summed E-state index contributed by atoms with van der Waals surface area (Å²) in [4.78, 5) is 1.73. The fourth-order valence-electron chi connectivity index (χ4n) is 1.66. The summed E-state index contributed by atoms with van der Waals surface area (Å²) in [6, 6.07) is 4.67. The number of rotatable bonds is 4. The summed E-state index contributed by atoms with van der Waals surface area (Å²) in [6.45, 7) is 4.44. The van der Waals surface area contributed by atoms with Gasteiger partial charge >= 0.3 is 0 Å². The second-order valence-corrected chi connectivity index (χ2v) is 3.57. The minimum atomic E-state index is -0.711. The van der Waals surface area contributed by atoms with E-state index in [2.05, 4.69) is 5.92 Å². The molecule has 0 radical (unpaired) electrons. The van der Waals surface area contributed by atoms with Crippen LogP contribution in [0.3, 0.4) is 0 Å². The Labute approximate surface area is 95.7 Å². The molecule has 16 heavy (non-hydrogen) atoms. The number of terminal acetylenes is 1. The molecule has 1 aromatic carbocycles. The first-order valence-corrected chi connectivity index (χ1v) is 5.26. The molecule has 0 aliphatic rings. The van der Waals surface area contributed by atoms with Crippen LogP contribution < -0.4 is 4.90 Å². The van der Waals surface area contributed by atoms with Crippen molar-refractivity contribution in [3.05, 3.63) is 29.6 Å². The smallest absolute Gasteiger partial charge is 0.146 e. The highest BCUT2D eigenvalue weighted by Crippen LogP contribution is 2.28. The molecule has 0 saturated carbocycles. The van der Waals surface area contributed by atoms with E-state index in [-0.39, 0.29) is 5.82 Å². The van der Waals surface area contributed by atoms with E-state index in [1.165, 1.54) is 6.07 Å². The lowest BCUT2D eigenvalue weighted by molar-refractivity contribution is 0.199. The molecule has 0 unspecified atom stereocenters. The minimum Gasteiger partial charge on any atom is -0.389 e. The number of hydrogen-bond donors (Lipinski definition) is 1. The lowest BCUT2D eigenvalue weighted by Gasteiger charge is -2.25. The Bertz CT molecular complexity index is 395. The third-order valence-corrected chi connectivity index (χ3v) is 2.45. The highest BCUT2D eigenvalue weighted by atomic mass is 19.1. The summed E-state index contributed by atoms with van der Waals surface area (Å²) in [5.41, 5.74) is 0.968. The van der Waals surface area contributed by atoms with Gasteiger partial charge in [-0.2, -0.15) is 0 Å². The highest BCUT2D eigenvalue weighted by Gasteiger charge is 2.16. The standard InChI is InChI=1S/C13H16FNO/c1-4-9-15(5-2)13-11(10(3)16)7-6-8-12(13)14/h1,6-8,10,16H,5,9H2,2-3H3/t10-/m0/s1. The third-order valence-electron chi connectivity index (χ3n) is 2.45. The van der Waals surface area contributed by atoms with Gasteiger partial charge in [0, 0.05) is 12.1 Å². The predicted octanol–water partition coefficient (Wildman–Crippen LogP) is 2.34. The lowest BCUT2D eigenvalue weighted by Crippen LogP contribution is -2.25. The molecule has 0 bridgehead atoms. The van der Waals surface area contributed by atoms with Gasteiger partial charge in [-0.15, -0.1) is 6.42 Å². The van der Waals surface area contributed by atoms with Gasteiger partial charge in [-0.25, -0.2) is 4.39 Å². The maximum absolute atomic E-state index is 13.7. The van der Waals surface area contributed by atoms with Crippen molar-refractivity contribution in [1.29, 1.82) is 0 Å². The fraction of sp³-hybridized carbons (Fsp3) is 0.385. The molecule has 1 N–H and O–H groups in total. The molecule has 0 fully saturated rings. The highest BCUT2D eigenvalue weighted by molar-refractivity contribution is 5.56. The summed E-state index contributed by atoms with van der Waals surface area (Å²) in [5, 5.41) is 9.60. The average molecular weight is 221 g/mol. The molecule has 0 saturated heterocycles. The summed E-state index contributed by atoms with van der Waals surface area (Å²) in [6.07, 6.45) is 4.53. The first-order chi connectivity index (χ1) is 7.61. The summed E-state index contributed by atoms with van der Waals surface area (Å²) in [5.74, 6) is 2.14. The number of aliphatic hydroxyl groups excluding tert-OH is 1. The number of hydrogen-bond acceptors (Lipinski definition) is 2. The van der Waals surface area contributed by atoms with E-state index in [9.17, 15) is 9.50 Å². The van der Waals surface area contributed by atoms with Crippen LogP contribution in [0.1, 0.15) is 25.5 Å². The molecule has 3 heteroatoms. The Morgan fingerprint density at radius 3 is 2.75 bits per heavy atom. The predicted molar refractivity (Wildman–Crippen MR) is 63.8 cm³/mol. The number of halogens is 1. The van der Waals surface area contributed by atoms with Crippen molar-refractivity contribution in [2.75, 3.05) is 18.0 Å². The molecular weight excluding hydrogens is 205 g/mol. The summed E-state index contributed by atoms with van der Waals surface area (Å²) >= 11 is 0. The van der Waals surface area contributed by atoms with Gasteiger partial charge in [0.15, 0.2) is 0 Å². The van der Waals surface area contributed by atoms with Crippen molar-refractivity contribution >= 4 is 5.69 Å². The SMILES string of the molecule is C#CCN(CC)c1c(F)cccc1[C@H](C)O. The first kappa shape index (κ1) is 12.5. The second-order valence-electron chi connectivity index (χ2n) is 3.57.